The van der Waals surface area contributed by atoms with E-state index in [1.165, 1.54) is 15.6 Å². The predicted octanol–water partition coefficient (Wildman–Crippen LogP) is 2.57. The quantitative estimate of drug-likeness (QED) is 0.791. The lowest BCUT2D eigenvalue weighted by atomic mass is 10.2. The van der Waals surface area contributed by atoms with Gasteiger partial charge in [0.2, 0.25) is 0 Å². The normalized spacial score (nSPS) is 12.8. The molecular formula is C13H22N4O2S2. The lowest BCUT2D eigenvalue weighted by Gasteiger charge is -2.25. The minimum absolute atomic E-state index is 0.0722. The Labute approximate surface area is 129 Å². The van der Waals surface area contributed by atoms with Crippen molar-refractivity contribution in [2.24, 2.45) is 0 Å². The molecule has 0 unspecified atom stereocenters. The van der Waals surface area contributed by atoms with E-state index in [1.807, 2.05) is 13.8 Å². The van der Waals surface area contributed by atoms with E-state index in [9.17, 15) is 8.42 Å². The average Bonchev–Trinajstić information content (AvgIpc) is 2.92. The second kappa shape index (κ2) is 6.33. The second-order valence-corrected chi connectivity index (χ2v) is 7.95. The smallest absolute Gasteiger partial charge is 0.263 e. The van der Waals surface area contributed by atoms with Gasteiger partial charge in [-0.25, -0.2) is 13.4 Å². The van der Waals surface area contributed by atoms with Crippen LogP contribution in [0, 0.1) is 0 Å². The van der Waals surface area contributed by atoms with Crippen molar-refractivity contribution in [1.82, 2.24) is 13.7 Å². The van der Waals surface area contributed by atoms with Crippen LogP contribution in [0.1, 0.15) is 40.0 Å². The molecule has 6 nitrogen and oxygen atoms in total. The zero-order valence-corrected chi connectivity index (χ0v) is 14.2. The third-order valence-electron chi connectivity index (χ3n) is 3.35. The summed E-state index contributed by atoms with van der Waals surface area (Å²) in [6.07, 6.45) is 4.60. The number of nitrogen functional groups attached to an aromatic ring is 1. The summed E-state index contributed by atoms with van der Waals surface area (Å²) in [5, 5.41) is 1.89. The molecular weight excluding hydrogens is 308 g/mol. The largest absolute Gasteiger partial charge is 0.381 e. The van der Waals surface area contributed by atoms with Crippen molar-refractivity contribution in [2.45, 2.75) is 51.1 Å². The Kier molecular flexibility index (Phi) is 4.90. The molecule has 118 valence electrons. The van der Waals surface area contributed by atoms with Gasteiger partial charge in [-0.1, -0.05) is 19.8 Å². The molecule has 8 heteroatoms. The molecule has 0 spiro atoms. The van der Waals surface area contributed by atoms with Crippen LogP contribution in [0.15, 0.2) is 16.6 Å². The van der Waals surface area contributed by atoms with Crippen molar-refractivity contribution in [2.75, 3.05) is 12.3 Å². The minimum atomic E-state index is -3.65. The number of rotatable bonds is 7. The summed E-state index contributed by atoms with van der Waals surface area (Å²) in [5.74, 6) is 0.0722. The van der Waals surface area contributed by atoms with Gasteiger partial charge in [0.1, 0.15) is 0 Å². The standard InChI is InChI=1S/C13H22N4O2S2/c1-4-5-6-7-17(10(2)3)21(18,19)12-11(14)15-13-16(12)8-9-20-13/h8-10H,4-7,14H2,1-3H3. The molecule has 0 saturated heterocycles. The molecule has 0 radical (unpaired) electrons. The molecule has 0 aliphatic carbocycles. The summed E-state index contributed by atoms with van der Waals surface area (Å²) in [7, 11) is -3.65. The van der Waals surface area contributed by atoms with E-state index in [1.54, 1.807) is 16.0 Å². The maximum Gasteiger partial charge on any atom is 0.263 e. The number of imidazole rings is 1. The van der Waals surface area contributed by atoms with Crippen LogP contribution in [0.2, 0.25) is 0 Å². The van der Waals surface area contributed by atoms with Gasteiger partial charge in [-0.15, -0.1) is 11.3 Å². The number of anilines is 1. The lowest BCUT2D eigenvalue weighted by molar-refractivity contribution is 0.344. The molecule has 2 rings (SSSR count). The highest BCUT2D eigenvalue weighted by Crippen LogP contribution is 2.27. The van der Waals surface area contributed by atoms with Gasteiger partial charge in [0.15, 0.2) is 15.8 Å². The fraction of sp³-hybridized carbons (Fsp3) is 0.615. The Morgan fingerprint density at radius 3 is 2.76 bits per heavy atom. The number of hydrogen-bond acceptors (Lipinski definition) is 5. The molecule has 2 N–H and O–H groups in total. The van der Waals surface area contributed by atoms with Crippen molar-refractivity contribution in [1.29, 1.82) is 0 Å². The highest BCUT2D eigenvalue weighted by molar-refractivity contribution is 7.89. The van der Waals surface area contributed by atoms with E-state index in [-0.39, 0.29) is 16.9 Å². The maximum absolute atomic E-state index is 13.0. The fourth-order valence-electron chi connectivity index (χ4n) is 2.32. The van der Waals surface area contributed by atoms with Gasteiger partial charge in [-0.2, -0.15) is 4.31 Å². The number of aromatic nitrogens is 2. The van der Waals surface area contributed by atoms with Crippen LogP contribution in [0.5, 0.6) is 0 Å². The first kappa shape index (κ1) is 16.3. The summed E-state index contributed by atoms with van der Waals surface area (Å²) in [4.78, 5) is 4.73. The molecule has 0 aliphatic heterocycles. The Bertz CT molecular complexity index is 703. The zero-order chi connectivity index (χ0) is 15.6. The molecule has 0 amide bonds. The van der Waals surface area contributed by atoms with E-state index < -0.39 is 10.0 Å². The van der Waals surface area contributed by atoms with Gasteiger partial charge in [0.25, 0.3) is 10.0 Å². The van der Waals surface area contributed by atoms with Crippen molar-refractivity contribution < 1.29 is 8.42 Å². The maximum atomic E-state index is 13.0. The topological polar surface area (TPSA) is 80.7 Å². The first-order chi connectivity index (χ1) is 9.89. The zero-order valence-electron chi connectivity index (χ0n) is 12.6. The number of unbranched alkanes of at least 4 members (excludes halogenated alkanes) is 2. The van der Waals surface area contributed by atoms with E-state index in [2.05, 4.69) is 11.9 Å². The Hall–Kier alpha value is -1.12. The van der Waals surface area contributed by atoms with Crippen molar-refractivity contribution >= 4 is 32.1 Å². The number of fused-ring (bicyclic) bond motifs is 1. The van der Waals surface area contributed by atoms with E-state index >= 15 is 0 Å². The highest BCUT2D eigenvalue weighted by atomic mass is 32.2. The number of nitrogens with two attached hydrogens (primary N) is 1. The van der Waals surface area contributed by atoms with Crippen LogP contribution in [0.4, 0.5) is 5.82 Å². The van der Waals surface area contributed by atoms with Crippen LogP contribution in [0.3, 0.4) is 0 Å². The number of thiazole rings is 1. The van der Waals surface area contributed by atoms with Gasteiger partial charge in [0, 0.05) is 24.2 Å². The van der Waals surface area contributed by atoms with Gasteiger partial charge in [-0.05, 0) is 20.3 Å². The SMILES string of the molecule is CCCCCN(C(C)C)S(=O)(=O)c1c(N)nc2sccn12. The molecule has 0 bridgehead atoms. The van der Waals surface area contributed by atoms with Crippen molar-refractivity contribution in [3.8, 4) is 0 Å². The molecule has 2 aromatic rings. The summed E-state index contributed by atoms with van der Waals surface area (Å²) in [6, 6.07) is -0.115. The number of hydrogen-bond donors (Lipinski definition) is 1. The Morgan fingerprint density at radius 2 is 2.14 bits per heavy atom. The van der Waals surface area contributed by atoms with Gasteiger partial charge >= 0.3 is 0 Å². The monoisotopic (exact) mass is 330 g/mol. The number of sulfonamides is 1. The van der Waals surface area contributed by atoms with Crippen LogP contribution in [-0.2, 0) is 10.0 Å². The van der Waals surface area contributed by atoms with Gasteiger partial charge in [-0.3, -0.25) is 4.40 Å². The molecule has 2 aromatic heterocycles. The highest BCUT2D eigenvalue weighted by Gasteiger charge is 2.32. The average molecular weight is 330 g/mol. The molecule has 2 heterocycles. The lowest BCUT2D eigenvalue weighted by Crippen LogP contribution is -2.38. The van der Waals surface area contributed by atoms with Gasteiger partial charge in [0.05, 0.1) is 0 Å². The molecule has 0 aliphatic rings. The van der Waals surface area contributed by atoms with Crippen LogP contribution in [-0.4, -0.2) is 34.7 Å². The van der Waals surface area contributed by atoms with E-state index in [0.29, 0.717) is 11.5 Å². The Balaban J connectivity index is 2.42. The van der Waals surface area contributed by atoms with Crippen LogP contribution < -0.4 is 5.73 Å². The summed E-state index contributed by atoms with van der Waals surface area (Å²) in [6.45, 7) is 6.36. The number of nitrogens with zero attached hydrogens (tertiary/aromatic N) is 3. The summed E-state index contributed by atoms with van der Waals surface area (Å²) in [5.41, 5.74) is 5.85. The molecule has 0 aromatic carbocycles. The third kappa shape index (κ3) is 3.07. The molecule has 0 atom stereocenters. The second-order valence-electron chi connectivity index (χ2n) is 5.27. The summed E-state index contributed by atoms with van der Waals surface area (Å²) >= 11 is 1.37. The fourth-order valence-corrected chi connectivity index (χ4v) is 4.95. The van der Waals surface area contributed by atoms with Crippen LogP contribution in [0.25, 0.3) is 4.96 Å². The van der Waals surface area contributed by atoms with E-state index in [4.69, 9.17) is 5.73 Å². The Morgan fingerprint density at radius 1 is 1.43 bits per heavy atom. The first-order valence-corrected chi connectivity index (χ1v) is 9.44. The molecule has 0 saturated carbocycles. The van der Waals surface area contributed by atoms with Crippen molar-refractivity contribution in [3.05, 3.63) is 11.6 Å². The van der Waals surface area contributed by atoms with Crippen LogP contribution >= 0.6 is 11.3 Å². The first-order valence-electron chi connectivity index (χ1n) is 7.12. The summed E-state index contributed by atoms with van der Waals surface area (Å²) < 4.78 is 29.0. The van der Waals surface area contributed by atoms with E-state index in [0.717, 1.165) is 19.3 Å². The van der Waals surface area contributed by atoms with Gasteiger partial charge < -0.3 is 5.73 Å². The molecule has 21 heavy (non-hydrogen) atoms. The van der Waals surface area contributed by atoms with Crippen molar-refractivity contribution in [3.63, 3.8) is 0 Å². The molecule has 0 fully saturated rings. The third-order valence-corrected chi connectivity index (χ3v) is 6.23. The minimum Gasteiger partial charge on any atom is -0.381 e. The predicted molar refractivity (Wildman–Crippen MR) is 86.0 cm³/mol.